The number of nitrogens with zero attached hydrogens (tertiary/aromatic N) is 2. The summed E-state index contributed by atoms with van der Waals surface area (Å²) in [5.74, 6) is 1.42. The molecule has 1 rings (SSSR count). The first-order valence-electron chi connectivity index (χ1n) is 6.04. The van der Waals surface area contributed by atoms with Crippen LogP contribution in [0, 0.1) is 0 Å². The number of hydrogen-bond acceptors (Lipinski definition) is 5. The lowest BCUT2D eigenvalue weighted by Gasteiger charge is -2.07. The molecule has 0 unspecified atom stereocenters. The Labute approximate surface area is 103 Å². The first-order valence-corrected chi connectivity index (χ1v) is 6.04. The minimum Gasteiger partial charge on any atom is -0.478 e. The summed E-state index contributed by atoms with van der Waals surface area (Å²) in [5.41, 5.74) is 0. The van der Waals surface area contributed by atoms with Crippen LogP contribution in [0.15, 0.2) is 12.4 Å². The van der Waals surface area contributed by atoms with Crippen LogP contribution in [0.1, 0.15) is 26.2 Å². The van der Waals surface area contributed by atoms with Gasteiger partial charge in [-0.2, -0.15) is 0 Å². The molecule has 0 fully saturated rings. The van der Waals surface area contributed by atoms with Gasteiger partial charge in [-0.05, 0) is 12.8 Å². The quantitative estimate of drug-likeness (QED) is 0.669. The molecule has 1 heterocycles. The zero-order chi connectivity index (χ0) is 12.3. The van der Waals surface area contributed by atoms with Crippen LogP contribution >= 0.6 is 0 Å². The van der Waals surface area contributed by atoms with Crippen LogP contribution in [0.5, 0.6) is 5.88 Å². The Balaban J connectivity index is 2.31. The van der Waals surface area contributed by atoms with E-state index >= 15 is 0 Å². The highest BCUT2D eigenvalue weighted by Gasteiger charge is 1.99. The summed E-state index contributed by atoms with van der Waals surface area (Å²) in [4.78, 5) is 8.18. The van der Waals surface area contributed by atoms with Crippen molar-refractivity contribution in [2.75, 3.05) is 32.2 Å². The van der Waals surface area contributed by atoms with Crippen LogP contribution in [0.4, 0.5) is 5.82 Å². The number of nitrogens with one attached hydrogen (secondary N) is 1. The Morgan fingerprint density at radius 1 is 1.24 bits per heavy atom. The summed E-state index contributed by atoms with van der Waals surface area (Å²) in [7, 11) is 1.70. The van der Waals surface area contributed by atoms with Gasteiger partial charge in [-0.1, -0.05) is 13.3 Å². The van der Waals surface area contributed by atoms with Gasteiger partial charge in [-0.3, -0.25) is 0 Å². The molecular formula is C12H21N3O2. The summed E-state index contributed by atoms with van der Waals surface area (Å²) < 4.78 is 10.5. The van der Waals surface area contributed by atoms with Gasteiger partial charge in [0.15, 0.2) is 0 Å². The van der Waals surface area contributed by atoms with E-state index in [-0.39, 0.29) is 0 Å². The number of rotatable bonds is 9. The first-order chi connectivity index (χ1) is 8.36. The molecule has 0 atom stereocenters. The van der Waals surface area contributed by atoms with Gasteiger partial charge in [0.2, 0.25) is 5.88 Å². The maximum absolute atomic E-state index is 5.50. The molecule has 17 heavy (non-hydrogen) atoms. The Morgan fingerprint density at radius 2 is 2.12 bits per heavy atom. The lowest BCUT2D eigenvalue weighted by atomic mass is 10.4. The van der Waals surface area contributed by atoms with E-state index < -0.39 is 0 Å². The molecule has 1 aromatic heterocycles. The molecule has 0 aliphatic rings. The molecule has 0 aliphatic heterocycles. The normalized spacial score (nSPS) is 10.2. The fourth-order valence-electron chi connectivity index (χ4n) is 1.27. The standard InChI is InChI=1S/C12H21N3O2/c1-3-4-8-17-12-9-11(14-10-15-12)13-6-5-7-16-2/h9-10H,3-8H2,1-2H3,(H,13,14,15). The number of aromatic nitrogens is 2. The first kappa shape index (κ1) is 13.7. The number of unbranched alkanes of at least 4 members (excludes halogenated alkanes) is 1. The highest BCUT2D eigenvalue weighted by molar-refractivity contribution is 5.36. The van der Waals surface area contributed by atoms with Crippen molar-refractivity contribution in [2.45, 2.75) is 26.2 Å². The lowest BCUT2D eigenvalue weighted by Crippen LogP contribution is -2.07. The third-order valence-corrected chi connectivity index (χ3v) is 2.22. The molecule has 5 nitrogen and oxygen atoms in total. The average molecular weight is 239 g/mol. The zero-order valence-electron chi connectivity index (χ0n) is 10.6. The highest BCUT2D eigenvalue weighted by atomic mass is 16.5. The molecule has 1 N–H and O–H groups in total. The maximum Gasteiger partial charge on any atom is 0.218 e. The monoisotopic (exact) mass is 239 g/mol. The molecule has 0 amide bonds. The summed E-state index contributed by atoms with van der Waals surface area (Å²) in [6, 6.07) is 1.82. The van der Waals surface area contributed by atoms with Crippen molar-refractivity contribution in [2.24, 2.45) is 0 Å². The molecule has 96 valence electrons. The van der Waals surface area contributed by atoms with Gasteiger partial charge in [-0.25, -0.2) is 9.97 Å². The van der Waals surface area contributed by atoms with Gasteiger partial charge in [0.25, 0.3) is 0 Å². The number of hydrogen-bond donors (Lipinski definition) is 1. The van der Waals surface area contributed by atoms with E-state index in [4.69, 9.17) is 9.47 Å². The molecule has 0 saturated carbocycles. The number of anilines is 1. The Bertz CT molecular complexity index is 308. The second kappa shape index (κ2) is 8.75. The van der Waals surface area contributed by atoms with Crippen molar-refractivity contribution in [3.63, 3.8) is 0 Å². The van der Waals surface area contributed by atoms with Gasteiger partial charge >= 0.3 is 0 Å². The zero-order valence-corrected chi connectivity index (χ0v) is 10.6. The summed E-state index contributed by atoms with van der Waals surface area (Å²) in [6.07, 6.45) is 4.63. The van der Waals surface area contributed by atoms with Gasteiger partial charge < -0.3 is 14.8 Å². The number of ether oxygens (including phenoxy) is 2. The van der Waals surface area contributed by atoms with Crippen LogP contribution in [0.3, 0.4) is 0 Å². The van der Waals surface area contributed by atoms with Crippen LogP contribution in [0.25, 0.3) is 0 Å². The third kappa shape index (κ3) is 6.06. The SMILES string of the molecule is CCCCOc1cc(NCCCOC)ncn1. The van der Waals surface area contributed by atoms with E-state index in [2.05, 4.69) is 22.2 Å². The fourth-order valence-corrected chi connectivity index (χ4v) is 1.27. The molecule has 1 aromatic rings. The molecule has 0 aliphatic carbocycles. The van der Waals surface area contributed by atoms with Crippen molar-refractivity contribution in [3.05, 3.63) is 12.4 Å². The van der Waals surface area contributed by atoms with Crippen LogP contribution in [0.2, 0.25) is 0 Å². The fraction of sp³-hybridized carbons (Fsp3) is 0.667. The summed E-state index contributed by atoms with van der Waals surface area (Å²) in [5, 5.41) is 3.20. The number of methoxy groups -OCH3 is 1. The summed E-state index contributed by atoms with van der Waals surface area (Å²) >= 11 is 0. The van der Waals surface area contributed by atoms with Crippen molar-refractivity contribution < 1.29 is 9.47 Å². The average Bonchev–Trinajstić information content (AvgIpc) is 2.36. The summed E-state index contributed by atoms with van der Waals surface area (Å²) in [6.45, 7) is 4.42. The molecule has 5 heteroatoms. The molecule has 0 radical (unpaired) electrons. The van der Waals surface area contributed by atoms with Crippen molar-refractivity contribution in [1.82, 2.24) is 9.97 Å². The minimum absolute atomic E-state index is 0.627. The van der Waals surface area contributed by atoms with Gasteiger partial charge in [-0.15, -0.1) is 0 Å². The van der Waals surface area contributed by atoms with Gasteiger partial charge in [0, 0.05) is 26.3 Å². The largest absolute Gasteiger partial charge is 0.478 e. The van der Waals surface area contributed by atoms with E-state index in [1.807, 2.05) is 6.07 Å². The second-order valence-electron chi connectivity index (χ2n) is 3.72. The Kier molecular flexibility index (Phi) is 7.06. The molecule has 0 bridgehead atoms. The second-order valence-corrected chi connectivity index (χ2v) is 3.72. The van der Waals surface area contributed by atoms with E-state index in [1.54, 1.807) is 7.11 Å². The highest BCUT2D eigenvalue weighted by Crippen LogP contribution is 2.11. The molecule has 0 saturated heterocycles. The topological polar surface area (TPSA) is 56.3 Å². The minimum atomic E-state index is 0.627. The van der Waals surface area contributed by atoms with E-state index in [1.165, 1.54) is 6.33 Å². The van der Waals surface area contributed by atoms with Crippen molar-refractivity contribution >= 4 is 5.82 Å². The van der Waals surface area contributed by atoms with E-state index in [0.29, 0.717) is 12.5 Å². The van der Waals surface area contributed by atoms with E-state index in [0.717, 1.165) is 38.2 Å². The van der Waals surface area contributed by atoms with Crippen molar-refractivity contribution in [3.8, 4) is 5.88 Å². The van der Waals surface area contributed by atoms with Crippen LogP contribution in [-0.2, 0) is 4.74 Å². The predicted octanol–water partition coefficient (Wildman–Crippen LogP) is 2.10. The van der Waals surface area contributed by atoms with Gasteiger partial charge in [0.05, 0.1) is 6.61 Å². The van der Waals surface area contributed by atoms with Crippen molar-refractivity contribution in [1.29, 1.82) is 0 Å². The van der Waals surface area contributed by atoms with Gasteiger partial charge in [0.1, 0.15) is 12.1 Å². The third-order valence-electron chi connectivity index (χ3n) is 2.22. The van der Waals surface area contributed by atoms with Crippen LogP contribution < -0.4 is 10.1 Å². The smallest absolute Gasteiger partial charge is 0.218 e. The maximum atomic E-state index is 5.50. The molecule has 0 aromatic carbocycles. The predicted molar refractivity (Wildman–Crippen MR) is 67.4 cm³/mol. The van der Waals surface area contributed by atoms with E-state index in [9.17, 15) is 0 Å². The Hall–Kier alpha value is -1.36. The van der Waals surface area contributed by atoms with Crippen LogP contribution in [-0.4, -0.2) is 36.8 Å². The molecular weight excluding hydrogens is 218 g/mol. The Morgan fingerprint density at radius 3 is 2.88 bits per heavy atom. The lowest BCUT2D eigenvalue weighted by molar-refractivity contribution is 0.197. The molecule has 0 spiro atoms.